The molecule has 8 N–H and O–H groups in total. The van der Waals surface area contributed by atoms with Gasteiger partial charge in [-0.3, -0.25) is 19.3 Å². The molecule has 3 aliphatic carbocycles. The molecular weight excluding hydrogens is 588 g/mol. The number of likely N-dealkylation sites (N-methyl/N-ethyl adjacent to an activating group) is 1. The zero-order valence-corrected chi connectivity index (χ0v) is 25.0. The number of Topliss-reactive ketones (excluding diaryl/α,β-unsaturated/α-hetero) is 2. The number of primary amides is 1. The summed E-state index contributed by atoms with van der Waals surface area (Å²) in [6.07, 6.45) is -0.782. The maximum absolute atomic E-state index is 14.1. The average Bonchev–Trinajstić information content (AvgIpc) is 2.95. The van der Waals surface area contributed by atoms with Crippen molar-refractivity contribution in [3.05, 3.63) is 63.9 Å². The summed E-state index contributed by atoms with van der Waals surface area (Å²) in [6, 6.07) is 5.89. The first kappa shape index (κ1) is 31.3. The van der Waals surface area contributed by atoms with Crippen LogP contribution in [0.1, 0.15) is 23.1 Å². The van der Waals surface area contributed by atoms with Gasteiger partial charge < -0.3 is 46.2 Å². The van der Waals surface area contributed by atoms with Crippen molar-refractivity contribution in [1.29, 1.82) is 0 Å². The number of nitrogens with two attached hydrogens (primary N) is 1. The van der Waals surface area contributed by atoms with Crippen LogP contribution in [0.15, 0.2) is 47.2 Å². The van der Waals surface area contributed by atoms with E-state index in [1.165, 1.54) is 43.3 Å². The Balaban J connectivity index is 1.57. The van der Waals surface area contributed by atoms with Gasteiger partial charge in [0.2, 0.25) is 5.78 Å². The number of rotatable bonds is 6. The fourth-order valence-electron chi connectivity index (χ4n) is 6.70. The van der Waals surface area contributed by atoms with E-state index in [0.29, 0.717) is 11.3 Å². The maximum Gasteiger partial charge on any atom is 0.412 e. The van der Waals surface area contributed by atoms with Crippen molar-refractivity contribution in [1.82, 2.24) is 10.2 Å². The number of benzene rings is 2. The minimum atomic E-state index is -2.75. The highest BCUT2D eigenvalue weighted by atomic mass is 16.6. The zero-order valence-electron chi connectivity index (χ0n) is 25.0. The molecule has 0 heterocycles. The zero-order chi connectivity index (χ0) is 33.1. The van der Waals surface area contributed by atoms with Gasteiger partial charge in [-0.2, -0.15) is 0 Å². The Labute approximate surface area is 257 Å². The van der Waals surface area contributed by atoms with Crippen molar-refractivity contribution in [3.63, 3.8) is 0 Å². The Bertz CT molecular complexity index is 1690. The van der Waals surface area contributed by atoms with Crippen LogP contribution in [0.5, 0.6) is 17.2 Å². The highest BCUT2D eigenvalue weighted by Gasteiger charge is 2.64. The molecule has 14 heteroatoms. The smallest absolute Gasteiger partial charge is 0.412 e. The van der Waals surface area contributed by atoms with Crippen LogP contribution in [-0.2, 0) is 27.3 Å². The van der Waals surface area contributed by atoms with Crippen molar-refractivity contribution in [3.8, 4) is 17.2 Å². The molecule has 2 aromatic carbocycles. The molecule has 14 nitrogen and oxygen atoms in total. The number of nitrogens with zero attached hydrogens (tertiary/aromatic N) is 2. The van der Waals surface area contributed by atoms with E-state index in [4.69, 9.17) is 10.5 Å². The van der Waals surface area contributed by atoms with Gasteiger partial charge in [0.15, 0.2) is 11.4 Å². The van der Waals surface area contributed by atoms with Gasteiger partial charge in [-0.05, 0) is 68.8 Å². The van der Waals surface area contributed by atoms with Gasteiger partial charge in [-0.15, -0.1) is 0 Å². The first-order valence-corrected chi connectivity index (χ1v) is 14.0. The summed E-state index contributed by atoms with van der Waals surface area (Å²) in [5.74, 6) is -7.26. The summed E-state index contributed by atoms with van der Waals surface area (Å²) >= 11 is 0. The number of anilines is 1. The van der Waals surface area contributed by atoms with Gasteiger partial charge >= 0.3 is 6.09 Å². The predicted molar refractivity (Wildman–Crippen MR) is 160 cm³/mol. The lowest BCUT2D eigenvalue weighted by molar-refractivity contribution is -0.153. The first-order chi connectivity index (χ1) is 21.1. The monoisotopic (exact) mass is 622 g/mol. The topological polar surface area (TPSA) is 223 Å². The Morgan fingerprint density at radius 2 is 1.71 bits per heavy atom. The second-order valence-electron chi connectivity index (χ2n) is 11.8. The highest BCUT2D eigenvalue weighted by molar-refractivity contribution is 6.24. The Morgan fingerprint density at radius 1 is 1.07 bits per heavy atom. The number of phenolic OH excluding ortho intramolecular Hbond substituents is 2. The minimum absolute atomic E-state index is 0.0118. The summed E-state index contributed by atoms with van der Waals surface area (Å²) in [7, 11) is 6.54. The van der Waals surface area contributed by atoms with E-state index in [2.05, 4.69) is 5.32 Å². The summed E-state index contributed by atoms with van der Waals surface area (Å²) < 4.78 is 5.18. The molecule has 1 saturated carbocycles. The molecule has 0 saturated heterocycles. The fraction of sp³-hybridized carbons (Fsp3) is 0.355. The number of carbonyl (C=O) groups is 4. The predicted octanol–water partition coefficient (Wildman–Crippen LogP) is 1.02. The molecule has 1 fully saturated rings. The molecule has 0 radical (unpaired) electrons. The number of aliphatic hydroxyl groups is 3. The number of aromatic hydroxyl groups is 2. The maximum atomic E-state index is 14.1. The number of phenols is 2. The van der Waals surface area contributed by atoms with Crippen LogP contribution in [0.25, 0.3) is 5.76 Å². The van der Waals surface area contributed by atoms with E-state index in [1.807, 2.05) is 0 Å². The number of amides is 2. The van der Waals surface area contributed by atoms with Crippen molar-refractivity contribution < 1.29 is 49.4 Å². The molecule has 0 unspecified atom stereocenters. The Hall–Kier alpha value is -5.08. The molecule has 238 valence electrons. The van der Waals surface area contributed by atoms with Crippen molar-refractivity contribution in [2.24, 2.45) is 17.6 Å². The Kier molecular flexibility index (Phi) is 7.75. The SMILES string of the molecule is CN(C)c1cc(CNC(=O)Oc2ccc(O)cc2)c(O)c2c1C[C@H]1C[C@H]3[C@H](N(C)C)C(=O)C(C(N)=O)=C(O)[C@@]3(O)C(=O)C1=C2O. The summed E-state index contributed by atoms with van der Waals surface area (Å²) in [4.78, 5) is 55.2. The molecule has 5 rings (SSSR count). The third-order valence-corrected chi connectivity index (χ3v) is 8.73. The minimum Gasteiger partial charge on any atom is -0.508 e. The second-order valence-corrected chi connectivity index (χ2v) is 11.8. The molecule has 4 atom stereocenters. The molecule has 0 aliphatic heterocycles. The van der Waals surface area contributed by atoms with Crippen molar-refractivity contribution >= 4 is 35.0 Å². The van der Waals surface area contributed by atoms with Gasteiger partial charge in [-0.25, -0.2) is 4.79 Å². The summed E-state index contributed by atoms with van der Waals surface area (Å²) in [5, 5.41) is 57.7. The van der Waals surface area contributed by atoms with Crippen molar-refractivity contribution in [2.45, 2.75) is 31.0 Å². The number of carbonyl (C=O) groups excluding carboxylic acids is 4. The fourth-order valence-corrected chi connectivity index (χ4v) is 6.70. The summed E-state index contributed by atoms with van der Waals surface area (Å²) in [5.41, 5.74) is 2.58. The molecular formula is C31H34N4O10. The lowest BCUT2D eigenvalue weighted by Crippen LogP contribution is -2.65. The van der Waals surface area contributed by atoms with Gasteiger partial charge in [0.25, 0.3) is 5.91 Å². The first-order valence-electron chi connectivity index (χ1n) is 14.0. The van der Waals surface area contributed by atoms with E-state index >= 15 is 0 Å². The van der Waals surface area contributed by atoms with Crippen LogP contribution in [0.3, 0.4) is 0 Å². The molecule has 2 amide bonds. The second kappa shape index (κ2) is 11.1. The van der Waals surface area contributed by atoms with E-state index in [9.17, 15) is 44.7 Å². The van der Waals surface area contributed by atoms with Crippen LogP contribution in [-0.4, -0.2) is 93.8 Å². The third-order valence-electron chi connectivity index (χ3n) is 8.73. The number of fused-ring (bicyclic) bond motifs is 3. The van der Waals surface area contributed by atoms with Gasteiger partial charge in [-0.1, -0.05) is 0 Å². The Morgan fingerprint density at radius 3 is 2.29 bits per heavy atom. The van der Waals surface area contributed by atoms with E-state index in [0.717, 1.165) is 0 Å². The summed E-state index contributed by atoms with van der Waals surface area (Å²) in [6.45, 7) is -0.249. The number of ketones is 2. The van der Waals surface area contributed by atoms with Gasteiger partial charge in [0.05, 0.1) is 11.6 Å². The lowest BCUT2D eigenvalue weighted by Gasteiger charge is -2.50. The average molecular weight is 623 g/mol. The van der Waals surface area contributed by atoms with E-state index in [1.54, 1.807) is 25.1 Å². The largest absolute Gasteiger partial charge is 0.508 e. The van der Waals surface area contributed by atoms with Crippen LogP contribution in [0.2, 0.25) is 0 Å². The molecule has 0 aromatic heterocycles. The molecule has 2 aromatic rings. The van der Waals surface area contributed by atoms with Crippen LogP contribution < -0.4 is 20.7 Å². The van der Waals surface area contributed by atoms with E-state index < -0.39 is 69.9 Å². The van der Waals surface area contributed by atoms with Crippen LogP contribution >= 0.6 is 0 Å². The normalized spacial score (nSPS) is 24.2. The van der Waals surface area contributed by atoms with E-state index in [-0.39, 0.29) is 47.6 Å². The molecule has 3 aliphatic rings. The number of hydrogen-bond donors (Lipinski definition) is 7. The number of hydrogen-bond acceptors (Lipinski definition) is 12. The van der Waals surface area contributed by atoms with Gasteiger partial charge in [0.1, 0.15) is 34.3 Å². The van der Waals surface area contributed by atoms with Gasteiger partial charge in [0, 0.05) is 43.4 Å². The van der Waals surface area contributed by atoms with Crippen LogP contribution in [0.4, 0.5) is 10.5 Å². The number of aliphatic hydroxyl groups excluding tert-OH is 2. The third kappa shape index (κ3) is 4.91. The standard InChI is InChI=1S/C31H34N4O10/c1-34(2)19-11-14(12-33-30(43)45-16-7-5-15(36)6-8-16)24(37)21-17(19)9-13-10-18-23(35(3)4)26(39)22(29(32)42)28(41)31(18,44)27(40)20(13)25(21)38/h5-8,11,13,18,23,36-38,41,44H,9-10,12H2,1-4H3,(H2,32,42)(H,33,43)/t13-,18-,23-,31-/m0/s1. The molecule has 0 spiro atoms. The molecule has 0 bridgehead atoms. The quantitative estimate of drug-likeness (QED) is 0.224. The lowest BCUT2D eigenvalue weighted by atomic mass is 9.57. The highest BCUT2D eigenvalue weighted by Crippen LogP contribution is 2.54. The molecule has 45 heavy (non-hydrogen) atoms. The van der Waals surface area contributed by atoms with Crippen LogP contribution in [0, 0.1) is 11.8 Å². The number of ether oxygens (including phenoxy) is 1. The van der Waals surface area contributed by atoms with Crippen molar-refractivity contribution in [2.75, 3.05) is 33.1 Å². The number of nitrogens with one attached hydrogen (secondary N) is 1.